The van der Waals surface area contributed by atoms with Gasteiger partial charge in [-0.3, -0.25) is 4.79 Å². The van der Waals surface area contributed by atoms with E-state index in [0.717, 1.165) is 18.8 Å². The fraction of sp³-hybridized carbons (Fsp3) is 0.714. The zero-order chi connectivity index (χ0) is 20.8. The van der Waals surface area contributed by atoms with Gasteiger partial charge in [0.05, 0.1) is 25.9 Å². The third-order valence-electron chi connectivity index (χ3n) is 5.56. The standard InChI is InChI=1S/C21H32FN3O4/c1-14(12-28-9-8-22)15(2)23-20(26)18-6-7-19(25-10-17(11-25)27-3)21(24-18)29-13-16-4-5-16/h6-7,14-17H,4-5,8-13H2,1-3H3,(H,23,26)/t14?,15-/m0/s1. The number of methoxy groups -OCH3 is 1. The Morgan fingerprint density at radius 1 is 1.34 bits per heavy atom. The van der Waals surface area contributed by atoms with Gasteiger partial charge in [0.1, 0.15) is 18.1 Å². The van der Waals surface area contributed by atoms with E-state index in [4.69, 9.17) is 14.2 Å². The molecule has 162 valence electrons. The molecule has 2 heterocycles. The van der Waals surface area contributed by atoms with Crippen LogP contribution < -0.4 is 15.0 Å². The minimum atomic E-state index is -0.504. The van der Waals surface area contributed by atoms with Crippen molar-refractivity contribution < 1.29 is 23.4 Å². The summed E-state index contributed by atoms with van der Waals surface area (Å²) in [6.07, 6.45) is 2.59. The van der Waals surface area contributed by atoms with Crippen LogP contribution in [-0.2, 0) is 9.47 Å². The minimum Gasteiger partial charge on any atom is -0.476 e. The van der Waals surface area contributed by atoms with E-state index < -0.39 is 6.67 Å². The molecule has 8 heteroatoms. The molecule has 2 atom stereocenters. The molecule has 1 amide bonds. The van der Waals surface area contributed by atoms with Crippen molar-refractivity contribution in [2.24, 2.45) is 11.8 Å². The summed E-state index contributed by atoms with van der Waals surface area (Å²) in [5.41, 5.74) is 1.23. The lowest BCUT2D eigenvalue weighted by atomic mass is 10.0. The summed E-state index contributed by atoms with van der Waals surface area (Å²) in [7, 11) is 1.71. The molecule has 0 bridgehead atoms. The molecule has 1 unspecified atom stereocenters. The van der Waals surface area contributed by atoms with Gasteiger partial charge in [-0.05, 0) is 43.7 Å². The number of nitrogens with zero attached hydrogens (tertiary/aromatic N) is 2. The molecule has 0 spiro atoms. The Bertz CT molecular complexity index is 680. The number of carbonyl (C=O) groups excluding carboxylic acids is 1. The van der Waals surface area contributed by atoms with Gasteiger partial charge in [-0.1, -0.05) is 6.92 Å². The fourth-order valence-electron chi connectivity index (χ4n) is 3.06. The number of rotatable bonds is 12. The first-order chi connectivity index (χ1) is 14.0. The maximum atomic E-state index is 12.7. The highest BCUT2D eigenvalue weighted by molar-refractivity contribution is 5.93. The van der Waals surface area contributed by atoms with Gasteiger partial charge in [-0.2, -0.15) is 0 Å². The van der Waals surface area contributed by atoms with Crippen molar-refractivity contribution in [3.8, 4) is 5.88 Å². The smallest absolute Gasteiger partial charge is 0.270 e. The van der Waals surface area contributed by atoms with Crippen molar-refractivity contribution >= 4 is 11.6 Å². The second-order valence-corrected chi connectivity index (χ2v) is 8.04. The Morgan fingerprint density at radius 2 is 2.10 bits per heavy atom. The van der Waals surface area contributed by atoms with E-state index >= 15 is 0 Å². The van der Waals surface area contributed by atoms with Crippen LogP contribution in [-0.4, -0.2) is 69.7 Å². The third-order valence-corrected chi connectivity index (χ3v) is 5.56. The van der Waals surface area contributed by atoms with Gasteiger partial charge >= 0.3 is 0 Å². The number of hydrogen-bond donors (Lipinski definition) is 1. The molecule has 0 radical (unpaired) electrons. The summed E-state index contributed by atoms with van der Waals surface area (Å²) < 4.78 is 28.7. The predicted octanol–water partition coefficient (Wildman–Crippen LogP) is 2.45. The zero-order valence-corrected chi connectivity index (χ0v) is 17.5. The molecule has 3 rings (SSSR count). The van der Waals surface area contributed by atoms with Crippen LogP contribution >= 0.6 is 0 Å². The number of halogens is 1. The predicted molar refractivity (Wildman–Crippen MR) is 108 cm³/mol. The van der Waals surface area contributed by atoms with Gasteiger partial charge in [0.2, 0.25) is 5.88 Å². The molecule has 2 aliphatic rings. The Balaban J connectivity index is 1.63. The Labute approximate surface area is 171 Å². The van der Waals surface area contributed by atoms with Crippen molar-refractivity contribution in [3.05, 3.63) is 17.8 Å². The minimum absolute atomic E-state index is 0.0578. The second kappa shape index (κ2) is 10.2. The SMILES string of the molecule is COC1CN(c2ccc(C(=O)N[C@@H](C)C(C)COCCF)nc2OCC2CC2)C1. The number of nitrogens with one attached hydrogen (secondary N) is 1. The molecule has 2 fully saturated rings. The van der Waals surface area contributed by atoms with Crippen LogP contribution in [0.1, 0.15) is 37.2 Å². The van der Waals surface area contributed by atoms with Gasteiger partial charge in [-0.25, -0.2) is 9.37 Å². The summed E-state index contributed by atoms with van der Waals surface area (Å²) in [5, 5.41) is 2.96. The van der Waals surface area contributed by atoms with Crippen molar-refractivity contribution in [2.75, 3.05) is 51.6 Å². The molecule has 1 saturated heterocycles. The fourth-order valence-corrected chi connectivity index (χ4v) is 3.06. The van der Waals surface area contributed by atoms with E-state index in [-0.39, 0.29) is 30.6 Å². The first-order valence-corrected chi connectivity index (χ1v) is 10.4. The van der Waals surface area contributed by atoms with Crippen LogP contribution in [0.4, 0.5) is 10.1 Å². The molecule has 1 saturated carbocycles. The first-order valence-electron chi connectivity index (χ1n) is 10.4. The lowest BCUT2D eigenvalue weighted by Gasteiger charge is -2.40. The average Bonchev–Trinajstić information content (AvgIpc) is 3.50. The average molecular weight is 410 g/mol. The molecule has 1 aromatic heterocycles. The molecular formula is C21H32FN3O4. The van der Waals surface area contributed by atoms with Crippen LogP contribution in [0.15, 0.2) is 12.1 Å². The van der Waals surface area contributed by atoms with Gasteiger partial charge in [-0.15, -0.1) is 0 Å². The van der Waals surface area contributed by atoms with E-state index in [1.54, 1.807) is 13.2 Å². The van der Waals surface area contributed by atoms with Gasteiger partial charge in [0, 0.05) is 26.2 Å². The topological polar surface area (TPSA) is 72.9 Å². The Hall–Kier alpha value is -1.93. The van der Waals surface area contributed by atoms with E-state index in [0.29, 0.717) is 30.7 Å². The number of carbonyl (C=O) groups is 1. The van der Waals surface area contributed by atoms with E-state index in [9.17, 15) is 9.18 Å². The van der Waals surface area contributed by atoms with Crippen LogP contribution in [0.3, 0.4) is 0 Å². The number of anilines is 1. The number of aromatic nitrogens is 1. The highest BCUT2D eigenvalue weighted by atomic mass is 19.1. The monoisotopic (exact) mass is 409 g/mol. The first kappa shape index (κ1) is 21.8. The molecule has 7 nitrogen and oxygen atoms in total. The van der Waals surface area contributed by atoms with E-state index in [2.05, 4.69) is 15.2 Å². The molecule has 0 aromatic carbocycles. The normalized spacial score (nSPS) is 18.8. The van der Waals surface area contributed by atoms with Crippen LogP contribution in [0, 0.1) is 11.8 Å². The van der Waals surface area contributed by atoms with E-state index in [1.807, 2.05) is 19.9 Å². The number of alkyl halides is 1. The summed E-state index contributed by atoms with van der Waals surface area (Å²) in [6.45, 7) is 6.04. The molecule has 1 N–H and O–H groups in total. The van der Waals surface area contributed by atoms with Crippen LogP contribution in [0.2, 0.25) is 0 Å². The van der Waals surface area contributed by atoms with Crippen molar-refractivity contribution in [2.45, 2.75) is 38.8 Å². The van der Waals surface area contributed by atoms with Crippen molar-refractivity contribution in [1.29, 1.82) is 0 Å². The lowest BCUT2D eigenvalue weighted by molar-refractivity contribution is 0.0755. The molecule has 1 aromatic rings. The molecular weight excluding hydrogens is 377 g/mol. The highest BCUT2D eigenvalue weighted by Crippen LogP contribution is 2.34. The largest absolute Gasteiger partial charge is 0.476 e. The second-order valence-electron chi connectivity index (χ2n) is 8.04. The van der Waals surface area contributed by atoms with Gasteiger partial charge in [0.25, 0.3) is 5.91 Å². The lowest BCUT2D eigenvalue weighted by Crippen LogP contribution is -2.52. The number of amides is 1. The quantitative estimate of drug-likeness (QED) is 0.535. The maximum Gasteiger partial charge on any atom is 0.270 e. The van der Waals surface area contributed by atoms with Gasteiger partial charge in [0.15, 0.2) is 0 Å². The van der Waals surface area contributed by atoms with Crippen LogP contribution in [0.5, 0.6) is 5.88 Å². The summed E-state index contributed by atoms with van der Waals surface area (Å²) in [4.78, 5) is 19.4. The number of ether oxygens (including phenoxy) is 3. The Morgan fingerprint density at radius 3 is 2.76 bits per heavy atom. The summed E-state index contributed by atoms with van der Waals surface area (Å²) in [6, 6.07) is 3.50. The van der Waals surface area contributed by atoms with Crippen LogP contribution in [0.25, 0.3) is 0 Å². The summed E-state index contributed by atoms with van der Waals surface area (Å²) >= 11 is 0. The van der Waals surface area contributed by atoms with E-state index in [1.165, 1.54) is 12.8 Å². The summed E-state index contributed by atoms with van der Waals surface area (Å²) in [5.74, 6) is 0.903. The third kappa shape index (κ3) is 6.02. The number of pyridine rings is 1. The maximum absolute atomic E-state index is 12.7. The highest BCUT2D eigenvalue weighted by Gasteiger charge is 2.31. The molecule has 29 heavy (non-hydrogen) atoms. The Kier molecular flexibility index (Phi) is 7.66. The molecule has 1 aliphatic heterocycles. The van der Waals surface area contributed by atoms with Gasteiger partial charge < -0.3 is 24.4 Å². The van der Waals surface area contributed by atoms with Crippen molar-refractivity contribution in [3.63, 3.8) is 0 Å². The molecule has 1 aliphatic carbocycles. The number of hydrogen-bond acceptors (Lipinski definition) is 6. The van der Waals surface area contributed by atoms with Crippen molar-refractivity contribution in [1.82, 2.24) is 10.3 Å². The zero-order valence-electron chi connectivity index (χ0n) is 17.5.